The SMILES string of the molecule is CN1CCC(N2CCN(C(=O)[C@@](C)(NC(=O)c3cc4ccc(Cl)cc4s3)C3CCN(C)CC3)CC2)CC1. The Morgan fingerprint density at radius 2 is 1.54 bits per heavy atom. The molecule has 3 saturated heterocycles. The van der Waals surface area contributed by atoms with Crippen LogP contribution in [0.2, 0.25) is 5.02 Å². The molecule has 1 aromatic carbocycles. The van der Waals surface area contributed by atoms with Crippen molar-refractivity contribution in [2.45, 2.75) is 44.2 Å². The molecule has 0 saturated carbocycles. The van der Waals surface area contributed by atoms with E-state index in [0.29, 0.717) is 15.9 Å². The lowest BCUT2D eigenvalue weighted by Crippen LogP contribution is -2.65. The van der Waals surface area contributed by atoms with Gasteiger partial charge in [0.1, 0.15) is 5.54 Å². The van der Waals surface area contributed by atoms with E-state index >= 15 is 0 Å². The summed E-state index contributed by atoms with van der Waals surface area (Å²) in [5, 5.41) is 4.91. The van der Waals surface area contributed by atoms with Crippen LogP contribution in [0.1, 0.15) is 42.3 Å². The summed E-state index contributed by atoms with van der Waals surface area (Å²) in [5.41, 5.74) is -0.929. The highest BCUT2D eigenvalue weighted by Crippen LogP contribution is 2.33. The third kappa shape index (κ3) is 5.83. The first-order chi connectivity index (χ1) is 17.7. The lowest BCUT2D eigenvalue weighted by atomic mass is 9.77. The van der Waals surface area contributed by atoms with Crippen molar-refractivity contribution in [2.75, 3.05) is 66.5 Å². The van der Waals surface area contributed by atoms with Gasteiger partial charge in [-0.2, -0.15) is 0 Å². The van der Waals surface area contributed by atoms with Crippen molar-refractivity contribution in [1.29, 1.82) is 0 Å². The van der Waals surface area contributed by atoms with Gasteiger partial charge in [-0.1, -0.05) is 17.7 Å². The second kappa shape index (κ2) is 11.2. The number of fused-ring (bicyclic) bond motifs is 1. The average molecular weight is 546 g/mol. The van der Waals surface area contributed by atoms with Crippen LogP contribution in [0.3, 0.4) is 0 Å². The molecule has 2 aromatic rings. The van der Waals surface area contributed by atoms with Gasteiger partial charge in [0.25, 0.3) is 5.91 Å². The summed E-state index contributed by atoms with van der Waals surface area (Å²) in [5.74, 6) is 0.00975. The number of hydrogen-bond donors (Lipinski definition) is 1. The number of amides is 2. The molecule has 4 heterocycles. The lowest BCUT2D eigenvalue weighted by Gasteiger charge is -2.47. The highest BCUT2D eigenvalue weighted by atomic mass is 35.5. The maximum Gasteiger partial charge on any atom is 0.262 e. The molecule has 0 unspecified atom stereocenters. The summed E-state index contributed by atoms with van der Waals surface area (Å²) < 4.78 is 0.981. The topological polar surface area (TPSA) is 59.1 Å². The van der Waals surface area contributed by atoms with Gasteiger partial charge in [-0.3, -0.25) is 14.5 Å². The maximum absolute atomic E-state index is 14.2. The van der Waals surface area contributed by atoms with Crippen molar-refractivity contribution in [3.63, 3.8) is 0 Å². The Morgan fingerprint density at radius 3 is 2.19 bits per heavy atom. The summed E-state index contributed by atoms with van der Waals surface area (Å²) in [6, 6.07) is 8.20. The number of thiophene rings is 1. The third-order valence-electron chi connectivity index (χ3n) is 8.86. The van der Waals surface area contributed by atoms with Gasteiger partial charge in [0.15, 0.2) is 0 Å². The Morgan fingerprint density at radius 1 is 0.919 bits per heavy atom. The standard InChI is InChI=1S/C28H40ClN5O2S/c1-28(21-6-10-31(2)11-7-21,30-26(35)25-18-20-4-5-22(29)19-24(20)37-25)27(36)34-16-14-33(15-17-34)23-8-12-32(3)13-9-23/h4-5,18-19,21,23H,6-17H2,1-3H3,(H,30,35)/t28-/m0/s1. The van der Waals surface area contributed by atoms with Crippen LogP contribution in [0, 0.1) is 5.92 Å². The predicted molar refractivity (Wildman–Crippen MR) is 152 cm³/mol. The van der Waals surface area contributed by atoms with Crippen molar-refractivity contribution in [3.8, 4) is 0 Å². The smallest absolute Gasteiger partial charge is 0.262 e. The van der Waals surface area contributed by atoms with Crippen molar-refractivity contribution >= 4 is 44.8 Å². The molecule has 0 aliphatic carbocycles. The fourth-order valence-corrected chi connectivity index (χ4v) is 7.54. The highest BCUT2D eigenvalue weighted by molar-refractivity contribution is 7.20. The number of nitrogens with one attached hydrogen (secondary N) is 1. The van der Waals surface area contributed by atoms with Gasteiger partial charge < -0.3 is 20.0 Å². The molecule has 7 nitrogen and oxygen atoms in total. The summed E-state index contributed by atoms with van der Waals surface area (Å²) in [6.45, 7) is 9.42. The number of halogens is 1. The zero-order valence-corrected chi connectivity index (χ0v) is 23.9. The van der Waals surface area contributed by atoms with E-state index in [9.17, 15) is 9.59 Å². The van der Waals surface area contributed by atoms with Gasteiger partial charge in [-0.15, -0.1) is 11.3 Å². The van der Waals surface area contributed by atoms with Gasteiger partial charge in [-0.25, -0.2) is 0 Å². The molecule has 5 rings (SSSR count). The lowest BCUT2D eigenvalue weighted by molar-refractivity contribution is -0.142. The van der Waals surface area contributed by atoms with Gasteiger partial charge in [0, 0.05) is 41.9 Å². The number of rotatable bonds is 5. The van der Waals surface area contributed by atoms with Crippen molar-refractivity contribution < 1.29 is 9.59 Å². The van der Waals surface area contributed by atoms with E-state index in [1.807, 2.05) is 36.1 Å². The van der Waals surface area contributed by atoms with Gasteiger partial charge in [0.05, 0.1) is 4.88 Å². The predicted octanol–water partition coefficient (Wildman–Crippen LogP) is 3.62. The fraction of sp³-hybridized carbons (Fsp3) is 0.643. The minimum Gasteiger partial charge on any atom is -0.338 e. The van der Waals surface area contributed by atoms with Crippen LogP contribution in [0.25, 0.3) is 10.1 Å². The number of hydrogen-bond acceptors (Lipinski definition) is 6. The fourth-order valence-electron chi connectivity index (χ4n) is 6.31. The van der Waals surface area contributed by atoms with Crippen LogP contribution in [-0.4, -0.2) is 109 Å². The van der Waals surface area contributed by atoms with Crippen LogP contribution in [0.4, 0.5) is 0 Å². The van der Waals surface area contributed by atoms with E-state index in [1.165, 1.54) is 24.2 Å². The second-order valence-corrected chi connectivity index (χ2v) is 12.9. The molecule has 0 spiro atoms. The molecule has 3 aliphatic heterocycles. The van der Waals surface area contributed by atoms with E-state index in [-0.39, 0.29) is 17.7 Å². The Bertz CT molecular complexity index is 1120. The molecule has 3 fully saturated rings. The van der Waals surface area contributed by atoms with Crippen LogP contribution in [-0.2, 0) is 4.79 Å². The normalized spacial score (nSPS) is 23.3. The van der Waals surface area contributed by atoms with E-state index in [4.69, 9.17) is 11.6 Å². The quantitative estimate of drug-likeness (QED) is 0.622. The van der Waals surface area contributed by atoms with Crippen LogP contribution in [0.5, 0.6) is 0 Å². The number of carbonyl (C=O) groups is 2. The number of piperazine rings is 1. The monoisotopic (exact) mass is 545 g/mol. The number of carbonyl (C=O) groups excluding carboxylic acids is 2. The molecule has 37 heavy (non-hydrogen) atoms. The molecule has 1 aromatic heterocycles. The number of piperidine rings is 2. The molecule has 0 bridgehead atoms. The van der Waals surface area contributed by atoms with Crippen molar-refractivity contribution in [1.82, 2.24) is 24.9 Å². The molecular formula is C28H40ClN5O2S. The van der Waals surface area contributed by atoms with E-state index < -0.39 is 5.54 Å². The first kappa shape index (κ1) is 26.9. The molecule has 2 amide bonds. The first-order valence-corrected chi connectivity index (χ1v) is 14.8. The Labute approximate surface area is 229 Å². The first-order valence-electron chi connectivity index (χ1n) is 13.6. The average Bonchev–Trinajstić information content (AvgIpc) is 3.32. The van der Waals surface area contributed by atoms with Gasteiger partial charge in [0.2, 0.25) is 5.91 Å². The zero-order chi connectivity index (χ0) is 26.2. The summed E-state index contributed by atoms with van der Waals surface area (Å²) in [7, 11) is 4.32. The van der Waals surface area contributed by atoms with E-state index in [2.05, 4.69) is 34.1 Å². The Hall–Kier alpha value is -1.71. The third-order valence-corrected chi connectivity index (χ3v) is 10.2. The van der Waals surface area contributed by atoms with Crippen LogP contribution >= 0.6 is 22.9 Å². The van der Waals surface area contributed by atoms with Crippen molar-refractivity contribution in [3.05, 3.63) is 34.2 Å². The second-order valence-electron chi connectivity index (χ2n) is 11.4. The summed E-state index contributed by atoms with van der Waals surface area (Å²) >= 11 is 7.60. The molecule has 0 radical (unpaired) electrons. The Balaban J connectivity index is 1.31. The summed E-state index contributed by atoms with van der Waals surface area (Å²) in [6.07, 6.45) is 4.20. The molecular weight excluding hydrogens is 506 g/mol. The molecule has 9 heteroatoms. The zero-order valence-electron chi connectivity index (χ0n) is 22.3. The van der Waals surface area contributed by atoms with E-state index in [0.717, 1.165) is 75.3 Å². The number of likely N-dealkylation sites (tertiary alicyclic amines) is 2. The molecule has 202 valence electrons. The van der Waals surface area contributed by atoms with Crippen LogP contribution in [0.15, 0.2) is 24.3 Å². The van der Waals surface area contributed by atoms with E-state index in [1.54, 1.807) is 0 Å². The largest absolute Gasteiger partial charge is 0.338 e. The number of nitrogens with zero attached hydrogens (tertiary/aromatic N) is 4. The van der Waals surface area contributed by atoms with Crippen LogP contribution < -0.4 is 5.32 Å². The van der Waals surface area contributed by atoms with Crippen molar-refractivity contribution in [2.24, 2.45) is 5.92 Å². The molecule has 1 atom stereocenters. The molecule has 1 N–H and O–H groups in total. The maximum atomic E-state index is 14.2. The van der Waals surface area contributed by atoms with Gasteiger partial charge in [-0.05, 0) is 102 Å². The minimum absolute atomic E-state index is 0.0718. The summed E-state index contributed by atoms with van der Waals surface area (Å²) in [4.78, 5) is 37.6. The highest BCUT2D eigenvalue weighted by Gasteiger charge is 2.46. The number of benzene rings is 1. The van der Waals surface area contributed by atoms with Gasteiger partial charge >= 0.3 is 0 Å². The molecule has 3 aliphatic rings. The Kier molecular flexibility index (Phi) is 8.13. The minimum atomic E-state index is -0.929.